The Hall–Kier alpha value is -1.99. The second-order valence-electron chi connectivity index (χ2n) is 4.30. The van der Waals surface area contributed by atoms with Crippen molar-refractivity contribution < 1.29 is 22.3 Å². The number of ether oxygens (including phenoxy) is 2. The van der Waals surface area contributed by atoms with Crippen LogP contribution in [0.4, 0.5) is 0 Å². The summed E-state index contributed by atoms with van der Waals surface area (Å²) in [6.45, 7) is 0.275. The van der Waals surface area contributed by atoms with E-state index in [9.17, 15) is 8.42 Å². The highest BCUT2D eigenvalue weighted by molar-refractivity contribution is 7.89. The van der Waals surface area contributed by atoms with Gasteiger partial charge in [-0.2, -0.15) is 0 Å². The lowest BCUT2D eigenvalue weighted by Crippen LogP contribution is -2.26. The van der Waals surface area contributed by atoms with Crippen molar-refractivity contribution in [3.05, 3.63) is 42.4 Å². The van der Waals surface area contributed by atoms with Crippen molar-refractivity contribution in [2.24, 2.45) is 0 Å². The molecule has 6 nitrogen and oxygen atoms in total. The number of nitrogens with one attached hydrogen (secondary N) is 1. The summed E-state index contributed by atoms with van der Waals surface area (Å²) in [7, 11) is -0.720. The van der Waals surface area contributed by atoms with E-state index >= 15 is 0 Å². The number of sulfonamides is 1. The molecule has 7 heteroatoms. The van der Waals surface area contributed by atoms with Crippen LogP contribution in [-0.4, -0.2) is 29.2 Å². The van der Waals surface area contributed by atoms with Gasteiger partial charge >= 0.3 is 0 Å². The fraction of sp³-hybridized carbons (Fsp3) is 0.286. The molecule has 0 atom stereocenters. The highest BCUT2D eigenvalue weighted by Crippen LogP contribution is 2.28. The Bertz CT molecular complexity index is 679. The summed E-state index contributed by atoms with van der Waals surface area (Å²) in [5.41, 5.74) is 0.930. The Balaban J connectivity index is 2.11. The Morgan fingerprint density at radius 1 is 1.19 bits per heavy atom. The normalized spacial score (nSPS) is 11.3. The minimum atomic E-state index is -3.64. The largest absolute Gasteiger partial charge is 0.497 e. The second kappa shape index (κ2) is 6.64. The van der Waals surface area contributed by atoms with E-state index in [4.69, 9.17) is 13.9 Å². The SMILES string of the molecule is COc1ccc(S(=O)(=O)NCCc2ccoc2)c(OC)c1. The van der Waals surface area contributed by atoms with E-state index in [1.54, 1.807) is 24.7 Å². The summed E-state index contributed by atoms with van der Waals surface area (Å²) in [4.78, 5) is 0.0815. The van der Waals surface area contributed by atoms with Crippen LogP contribution in [0.3, 0.4) is 0 Å². The van der Waals surface area contributed by atoms with E-state index in [1.807, 2.05) is 0 Å². The van der Waals surface area contributed by atoms with Crippen LogP contribution in [0.15, 0.2) is 46.1 Å². The topological polar surface area (TPSA) is 77.8 Å². The van der Waals surface area contributed by atoms with Gasteiger partial charge in [0.15, 0.2) is 0 Å². The molecule has 0 saturated heterocycles. The van der Waals surface area contributed by atoms with Gasteiger partial charge in [-0.1, -0.05) is 0 Å². The molecule has 2 aromatic rings. The van der Waals surface area contributed by atoms with Gasteiger partial charge in [-0.15, -0.1) is 0 Å². The first-order valence-electron chi connectivity index (χ1n) is 6.29. The first kappa shape index (κ1) is 15.4. The van der Waals surface area contributed by atoms with Crippen molar-refractivity contribution >= 4 is 10.0 Å². The van der Waals surface area contributed by atoms with Crippen LogP contribution in [0.25, 0.3) is 0 Å². The molecule has 0 amide bonds. The summed E-state index contributed by atoms with van der Waals surface area (Å²) >= 11 is 0. The van der Waals surface area contributed by atoms with Gasteiger partial charge in [0.05, 0.1) is 26.7 Å². The lowest BCUT2D eigenvalue weighted by Gasteiger charge is -2.11. The molecule has 1 heterocycles. The molecule has 21 heavy (non-hydrogen) atoms. The van der Waals surface area contributed by atoms with Gasteiger partial charge in [-0.05, 0) is 30.2 Å². The molecule has 0 bridgehead atoms. The first-order chi connectivity index (χ1) is 10.1. The number of hydrogen-bond acceptors (Lipinski definition) is 5. The highest BCUT2D eigenvalue weighted by Gasteiger charge is 2.19. The van der Waals surface area contributed by atoms with Crippen LogP contribution in [-0.2, 0) is 16.4 Å². The van der Waals surface area contributed by atoms with Crippen LogP contribution in [0.2, 0.25) is 0 Å². The Morgan fingerprint density at radius 2 is 2.00 bits per heavy atom. The molecule has 0 fully saturated rings. The Morgan fingerprint density at radius 3 is 2.62 bits per heavy atom. The van der Waals surface area contributed by atoms with Gasteiger partial charge in [0, 0.05) is 12.6 Å². The zero-order valence-corrected chi connectivity index (χ0v) is 12.6. The second-order valence-corrected chi connectivity index (χ2v) is 6.03. The fourth-order valence-corrected chi connectivity index (χ4v) is 3.02. The fourth-order valence-electron chi connectivity index (χ4n) is 1.84. The van der Waals surface area contributed by atoms with Crippen LogP contribution < -0.4 is 14.2 Å². The predicted octanol–water partition coefficient (Wildman–Crippen LogP) is 1.82. The average Bonchev–Trinajstić information content (AvgIpc) is 2.99. The minimum absolute atomic E-state index is 0.0815. The summed E-state index contributed by atoms with van der Waals surface area (Å²) in [6.07, 6.45) is 3.69. The molecule has 0 radical (unpaired) electrons. The van der Waals surface area contributed by atoms with E-state index < -0.39 is 10.0 Å². The van der Waals surface area contributed by atoms with E-state index in [0.29, 0.717) is 12.2 Å². The van der Waals surface area contributed by atoms with E-state index in [-0.39, 0.29) is 17.2 Å². The molecule has 1 aromatic carbocycles. The van der Waals surface area contributed by atoms with Crippen LogP contribution in [0.5, 0.6) is 11.5 Å². The third-order valence-corrected chi connectivity index (χ3v) is 4.45. The quantitative estimate of drug-likeness (QED) is 0.844. The van der Waals surface area contributed by atoms with Gasteiger partial charge in [0.1, 0.15) is 16.4 Å². The number of methoxy groups -OCH3 is 2. The molecule has 1 aromatic heterocycles. The van der Waals surface area contributed by atoms with Gasteiger partial charge in [0.25, 0.3) is 0 Å². The van der Waals surface area contributed by atoms with Crippen LogP contribution in [0.1, 0.15) is 5.56 Å². The van der Waals surface area contributed by atoms with Crippen LogP contribution >= 0.6 is 0 Å². The van der Waals surface area contributed by atoms with Crippen LogP contribution in [0, 0.1) is 0 Å². The van der Waals surface area contributed by atoms with Crippen molar-refractivity contribution in [2.75, 3.05) is 20.8 Å². The average molecular weight is 311 g/mol. The third-order valence-electron chi connectivity index (χ3n) is 2.95. The van der Waals surface area contributed by atoms with Gasteiger partial charge < -0.3 is 13.9 Å². The zero-order valence-electron chi connectivity index (χ0n) is 11.8. The molecule has 2 rings (SSSR count). The van der Waals surface area contributed by atoms with Gasteiger partial charge in [-0.3, -0.25) is 0 Å². The number of furan rings is 1. The third kappa shape index (κ3) is 3.77. The predicted molar refractivity (Wildman–Crippen MR) is 77.1 cm³/mol. The maximum Gasteiger partial charge on any atom is 0.244 e. The summed E-state index contributed by atoms with van der Waals surface area (Å²) in [5, 5.41) is 0. The van der Waals surface area contributed by atoms with Crippen molar-refractivity contribution in [3.63, 3.8) is 0 Å². The molecule has 0 aliphatic rings. The van der Waals surface area contributed by atoms with Crippen molar-refractivity contribution in [2.45, 2.75) is 11.3 Å². The number of benzene rings is 1. The molecule has 0 saturated carbocycles. The lowest BCUT2D eigenvalue weighted by atomic mass is 10.2. The van der Waals surface area contributed by atoms with E-state index in [0.717, 1.165) is 5.56 Å². The lowest BCUT2D eigenvalue weighted by molar-refractivity contribution is 0.386. The first-order valence-corrected chi connectivity index (χ1v) is 7.78. The summed E-state index contributed by atoms with van der Waals surface area (Å²) in [5.74, 6) is 0.773. The minimum Gasteiger partial charge on any atom is -0.497 e. The molecule has 0 aliphatic carbocycles. The zero-order chi connectivity index (χ0) is 15.3. The standard InChI is InChI=1S/C14H17NO5S/c1-18-12-3-4-14(13(9-12)19-2)21(16,17)15-7-5-11-6-8-20-10-11/h3-4,6,8-10,15H,5,7H2,1-2H3. The van der Waals surface area contributed by atoms with Crippen molar-refractivity contribution in [1.29, 1.82) is 0 Å². The highest BCUT2D eigenvalue weighted by atomic mass is 32.2. The summed E-state index contributed by atoms with van der Waals surface area (Å²) in [6, 6.07) is 6.36. The van der Waals surface area contributed by atoms with E-state index in [2.05, 4.69) is 4.72 Å². The maximum absolute atomic E-state index is 12.3. The molecule has 0 spiro atoms. The van der Waals surface area contributed by atoms with E-state index in [1.165, 1.54) is 26.4 Å². The van der Waals surface area contributed by atoms with Gasteiger partial charge in [0.2, 0.25) is 10.0 Å². The number of rotatable bonds is 7. The molecule has 0 unspecified atom stereocenters. The maximum atomic E-state index is 12.3. The smallest absolute Gasteiger partial charge is 0.244 e. The van der Waals surface area contributed by atoms with Crippen molar-refractivity contribution in [1.82, 2.24) is 4.72 Å². The molecule has 0 aliphatic heterocycles. The molecular weight excluding hydrogens is 294 g/mol. The van der Waals surface area contributed by atoms with Gasteiger partial charge in [-0.25, -0.2) is 13.1 Å². The number of hydrogen-bond donors (Lipinski definition) is 1. The Labute approximate surface area is 123 Å². The molecular formula is C14H17NO5S. The molecule has 114 valence electrons. The Kier molecular flexibility index (Phi) is 4.87. The summed E-state index contributed by atoms with van der Waals surface area (Å²) < 4.78 is 42.2. The monoisotopic (exact) mass is 311 g/mol. The van der Waals surface area contributed by atoms with Crippen molar-refractivity contribution in [3.8, 4) is 11.5 Å². The molecule has 1 N–H and O–H groups in total.